The standard InChI is InChI=1S/C20H27N5/c1-17-16-19(22-20(21-17)25-10-6-3-7-11-25)24-14-12-23(13-15-24)18-8-4-2-5-9-18/h2,4-5,8-9,16H,3,6-7,10-15H2,1H3. The van der Waals surface area contributed by atoms with Crippen LogP contribution < -0.4 is 14.7 Å². The third-order valence-corrected chi connectivity index (χ3v) is 5.19. The third kappa shape index (κ3) is 3.70. The minimum Gasteiger partial charge on any atom is -0.368 e. The van der Waals surface area contributed by atoms with Gasteiger partial charge in [0.15, 0.2) is 0 Å². The molecule has 25 heavy (non-hydrogen) atoms. The minimum atomic E-state index is 0.917. The van der Waals surface area contributed by atoms with Gasteiger partial charge in [0.25, 0.3) is 0 Å². The van der Waals surface area contributed by atoms with Gasteiger partial charge in [-0.15, -0.1) is 0 Å². The lowest BCUT2D eigenvalue weighted by Gasteiger charge is -2.37. The summed E-state index contributed by atoms with van der Waals surface area (Å²) < 4.78 is 0. The molecule has 0 bridgehead atoms. The largest absolute Gasteiger partial charge is 0.368 e. The van der Waals surface area contributed by atoms with Crippen LogP contribution in [-0.2, 0) is 0 Å². The highest BCUT2D eigenvalue weighted by molar-refractivity contribution is 5.51. The van der Waals surface area contributed by atoms with Gasteiger partial charge >= 0.3 is 0 Å². The molecule has 0 N–H and O–H groups in total. The summed E-state index contributed by atoms with van der Waals surface area (Å²) >= 11 is 0. The molecule has 0 saturated carbocycles. The first kappa shape index (κ1) is 16.2. The van der Waals surface area contributed by atoms with Crippen LogP contribution in [0.5, 0.6) is 0 Å². The van der Waals surface area contributed by atoms with Crippen molar-refractivity contribution in [2.24, 2.45) is 0 Å². The minimum absolute atomic E-state index is 0.917. The van der Waals surface area contributed by atoms with Gasteiger partial charge in [-0.1, -0.05) is 18.2 Å². The molecule has 2 fully saturated rings. The fourth-order valence-electron chi connectivity index (χ4n) is 3.77. The molecule has 0 atom stereocenters. The predicted octanol–water partition coefficient (Wildman–Crippen LogP) is 3.10. The maximum atomic E-state index is 4.90. The molecule has 5 nitrogen and oxygen atoms in total. The van der Waals surface area contributed by atoms with E-state index in [0.29, 0.717) is 0 Å². The van der Waals surface area contributed by atoms with E-state index < -0.39 is 0 Å². The van der Waals surface area contributed by atoms with Crippen molar-refractivity contribution in [2.75, 3.05) is 54.0 Å². The summed E-state index contributed by atoms with van der Waals surface area (Å²) in [5.74, 6) is 2.00. The Morgan fingerprint density at radius 2 is 1.40 bits per heavy atom. The van der Waals surface area contributed by atoms with E-state index in [4.69, 9.17) is 9.97 Å². The van der Waals surface area contributed by atoms with Gasteiger partial charge in [0, 0.05) is 56.7 Å². The molecule has 1 aromatic heterocycles. The Balaban J connectivity index is 1.46. The second-order valence-corrected chi connectivity index (χ2v) is 7.02. The van der Waals surface area contributed by atoms with Gasteiger partial charge in [0.2, 0.25) is 5.95 Å². The number of aryl methyl sites for hydroxylation is 1. The number of piperidine rings is 1. The molecule has 0 spiro atoms. The summed E-state index contributed by atoms with van der Waals surface area (Å²) in [5.41, 5.74) is 2.38. The molecular weight excluding hydrogens is 310 g/mol. The molecule has 5 heteroatoms. The molecular formula is C20H27N5. The van der Waals surface area contributed by atoms with E-state index in [9.17, 15) is 0 Å². The zero-order chi connectivity index (χ0) is 17.1. The first-order chi connectivity index (χ1) is 12.3. The zero-order valence-corrected chi connectivity index (χ0v) is 15.1. The number of hydrogen-bond donors (Lipinski definition) is 0. The van der Waals surface area contributed by atoms with E-state index >= 15 is 0 Å². The molecule has 1 aromatic carbocycles. The lowest BCUT2D eigenvalue weighted by molar-refractivity contribution is 0.566. The van der Waals surface area contributed by atoms with Crippen LogP contribution >= 0.6 is 0 Å². The summed E-state index contributed by atoms with van der Waals surface area (Å²) in [7, 11) is 0. The summed E-state index contributed by atoms with van der Waals surface area (Å²) in [6.07, 6.45) is 3.83. The molecule has 0 aliphatic carbocycles. The predicted molar refractivity (Wildman–Crippen MR) is 104 cm³/mol. The number of nitrogens with zero attached hydrogens (tertiary/aromatic N) is 5. The maximum absolute atomic E-state index is 4.90. The van der Waals surface area contributed by atoms with Crippen molar-refractivity contribution < 1.29 is 0 Å². The van der Waals surface area contributed by atoms with Crippen molar-refractivity contribution in [3.8, 4) is 0 Å². The van der Waals surface area contributed by atoms with Crippen LogP contribution in [0.1, 0.15) is 25.0 Å². The van der Waals surface area contributed by atoms with Gasteiger partial charge in [-0.25, -0.2) is 4.98 Å². The number of anilines is 3. The van der Waals surface area contributed by atoms with Crippen LogP contribution in [0, 0.1) is 6.92 Å². The number of piperazine rings is 1. The highest BCUT2D eigenvalue weighted by atomic mass is 15.3. The van der Waals surface area contributed by atoms with Gasteiger partial charge < -0.3 is 14.7 Å². The molecule has 3 heterocycles. The lowest BCUT2D eigenvalue weighted by Crippen LogP contribution is -2.47. The fourth-order valence-corrected chi connectivity index (χ4v) is 3.77. The van der Waals surface area contributed by atoms with Gasteiger partial charge in [-0.3, -0.25) is 0 Å². The highest BCUT2D eigenvalue weighted by Crippen LogP contribution is 2.23. The number of rotatable bonds is 3. The Morgan fingerprint density at radius 3 is 2.12 bits per heavy atom. The van der Waals surface area contributed by atoms with E-state index in [-0.39, 0.29) is 0 Å². The monoisotopic (exact) mass is 337 g/mol. The first-order valence-electron chi connectivity index (χ1n) is 9.45. The third-order valence-electron chi connectivity index (χ3n) is 5.19. The molecule has 0 radical (unpaired) electrons. The smallest absolute Gasteiger partial charge is 0.227 e. The molecule has 2 aliphatic heterocycles. The zero-order valence-electron chi connectivity index (χ0n) is 15.1. The number of hydrogen-bond acceptors (Lipinski definition) is 5. The lowest BCUT2D eigenvalue weighted by atomic mass is 10.1. The van der Waals surface area contributed by atoms with E-state index in [0.717, 1.165) is 56.7 Å². The van der Waals surface area contributed by atoms with Gasteiger partial charge in [0.05, 0.1) is 0 Å². The van der Waals surface area contributed by atoms with E-state index in [1.165, 1.54) is 24.9 Å². The Bertz CT molecular complexity index is 688. The van der Waals surface area contributed by atoms with Crippen LogP contribution in [-0.4, -0.2) is 49.2 Å². The first-order valence-corrected chi connectivity index (χ1v) is 9.45. The normalized spacial score (nSPS) is 18.5. The van der Waals surface area contributed by atoms with E-state index in [1.54, 1.807) is 0 Å². The van der Waals surface area contributed by atoms with Crippen LogP contribution in [0.25, 0.3) is 0 Å². The highest BCUT2D eigenvalue weighted by Gasteiger charge is 2.21. The van der Waals surface area contributed by atoms with Crippen molar-refractivity contribution >= 4 is 17.5 Å². The summed E-state index contributed by atoms with van der Waals surface area (Å²) in [5, 5.41) is 0. The Morgan fingerprint density at radius 1 is 0.720 bits per heavy atom. The second-order valence-electron chi connectivity index (χ2n) is 7.02. The van der Waals surface area contributed by atoms with E-state index in [2.05, 4.69) is 58.0 Å². The summed E-state index contributed by atoms with van der Waals surface area (Å²) in [6.45, 7) is 8.34. The average molecular weight is 337 g/mol. The molecule has 2 aromatic rings. The molecule has 2 aliphatic rings. The van der Waals surface area contributed by atoms with Gasteiger partial charge in [0.1, 0.15) is 5.82 Å². The maximum Gasteiger partial charge on any atom is 0.227 e. The Hall–Kier alpha value is -2.30. The molecule has 0 amide bonds. The summed E-state index contributed by atoms with van der Waals surface area (Å²) in [4.78, 5) is 16.8. The van der Waals surface area contributed by atoms with Crippen LogP contribution in [0.3, 0.4) is 0 Å². The molecule has 4 rings (SSSR count). The number of aromatic nitrogens is 2. The van der Waals surface area contributed by atoms with Crippen LogP contribution in [0.4, 0.5) is 17.5 Å². The van der Waals surface area contributed by atoms with Crippen molar-refractivity contribution in [3.63, 3.8) is 0 Å². The van der Waals surface area contributed by atoms with Crippen molar-refractivity contribution in [3.05, 3.63) is 42.1 Å². The van der Waals surface area contributed by atoms with Crippen LogP contribution in [0.2, 0.25) is 0 Å². The van der Waals surface area contributed by atoms with Crippen molar-refractivity contribution in [1.29, 1.82) is 0 Å². The van der Waals surface area contributed by atoms with Crippen molar-refractivity contribution in [1.82, 2.24) is 9.97 Å². The van der Waals surface area contributed by atoms with Crippen molar-refractivity contribution in [2.45, 2.75) is 26.2 Å². The molecule has 132 valence electrons. The molecule has 2 saturated heterocycles. The Kier molecular flexibility index (Phi) is 4.72. The summed E-state index contributed by atoms with van der Waals surface area (Å²) in [6, 6.07) is 12.8. The van der Waals surface area contributed by atoms with E-state index in [1.807, 2.05) is 0 Å². The SMILES string of the molecule is Cc1cc(N2CCN(c3ccccc3)CC2)nc(N2CCCCC2)n1. The van der Waals surface area contributed by atoms with Gasteiger partial charge in [-0.2, -0.15) is 4.98 Å². The molecule has 0 unspecified atom stereocenters. The fraction of sp³-hybridized carbons (Fsp3) is 0.500. The van der Waals surface area contributed by atoms with Crippen LogP contribution in [0.15, 0.2) is 36.4 Å². The number of para-hydroxylation sites is 1. The number of benzene rings is 1. The average Bonchev–Trinajstić information content (AvgIpc) is 2.69. The van der Waals surface area contributed by atoms with Gasteiger partial charge in [-0.05, 0) is 38.3 Å². The topological polar surface area (TPSA) is 35.5 Å². The Labute approximate surface area is 150 Å². The quantitative estimate of drug-likeness (QED) is 0.860. The second kappa shape index (κ2) is 7.30.